The Bertz CT molecular complexity index is 1070. The molecule has 1 N–H and O–H groups in total. The lowest BCUT2D eigenvalue weighted by Gasteiger charge is -2.14. The number of nitrogens with one attached hydrogen (secondary N) is 1. The Labute approximate surface area is 186 Å². The van der Waals surface area contributed by atoms with E-state index in [2.05, 4.69) is 46.1 Å². The minimum Gasteiger partial charge on any atom is -0.465 e. The van der Waals surface area contributed by atoms with Gasteiger partial charge in [0.1, 0.15) is 12.4 Å². The average molecular weight is 442 g/mol. The van der Waals surface area contributed by atoms with E-state index in [1.54, 1.807) is 6.92 Å². The topological polar surface area (TPSA) is 91.0 Å². The van der Waals surface area contributed by atoms with Gasteiger partial charge in [0.15, 0.2) is 5.16 Å². The van der Waals surface area contributed by atoms with Gasteiger partial charge < -0.3 is 14.6 Å². The summed E-state index contributed by atoms with van der Waals surface area (Å²) >= 11 is 1.29. The molecule has 8 nitrogen and oxygen atoms in total. The highest BCUT2D eigenvalue weighted by atomic mass is 32.2. The number of hydrogen-bond donors (Lipinski definition) is 1. The fraction of sp³-hybridized carbons (Fsp3) is 0.364. The average Bonchev–Trinajstić information content (AvgIpc) is 3.33. The smallest absolute Gasteiger partial charge is 0.325 e. The summed E-state index contributed by atoms with van der Waals surface area (Å²) in [6.45, 7) is 6.00. The van der Waals surface area contributed by atoms with Crippen molar-refractivity contribution >= 4 is 23.6 Å². The van der Waals surface area contributed by atoms with Crippen LogP contribution >= 0.6 is 11.8 Å². The summed E-state index contributed by atoms with van der Waals surface area (Å²) in [6, 6.07) is 10.2. The van der Waals surface area contributed by atoms with Gasteiger partial charge in [-0.25, -0.2) is 0 Å². The first-order valence-corrected chi connectivity index (χ1v) is 11.1. The number of benzene rings is 1. The van der Waals surface area contributed by atoms with E-state index < -0.39 is 5.97 Å². The largest absolute Gasteiger partial charge is 0.465 e. The summed E-state index contributed by atoms with van der Waals surface area (Å²) in [4.78, 5) is 23.6. The Morgan fingerprint density at radius 3 is 2.68 bits per heavy atom. The summed E-state index contributed by atoms with van der Waals surface area (Å²) in [7, 11) is 2.00. The van der Waals surface area contributed by atoms with Crippen molar-refractivity contribution in [3.05, 3.63) is 59.2 Å². The summed E-state index contributed by atoms with van der Waals surface area (Å²) in [5.41, 5.74) is 4.40. The predicted octanol–water partition coefficient (Wildman–Crippen LogP) is 2.58. The number of aryl methyl sites for hydroxylation is 2. The minimum absolute atomic E-state index is 0.118. The molecule has 3 rings (SSSR count). The van der Waals surface area contributed by atoms with Crippen LogP contribution in [-0.4, -0.2) is 50.1 Å². The third-order valence-corrected chi connectivity index (χ3v) is 5.90. The van der Waals surface area contributed by atoms with E-state index in [4.69, 9.17) is 4.74 Å². The van der Waals surface area contributed by atoms with Gasteiger partial charge in [-0.2, -0.15) is 0 Å². The van der Waals surface area contributed by atoms with Crippen LogP contribution < -0.4 is 5.32 Å². The van der Waals surface area contributed by atoms with Crippen LogP contribution in [-0.2, 0) is 27.8 Å². The highest BCUT2D eigenvalue weighted by Gasteiger charge is 2.19. The lowest BCUT2D eigenvalue weighted by atomic mass is 10.1. The molecule has 0 bridgehead atoms. The summed E-state index contributed by atoms with van der Waals surface area (Å²) in [6.07, 6.45) is 2.61. The fourth-order valence-electron chi connectivity index (χ4n) is 3.13. The highest BCUT2D eigenvalue weighted by molar-refractivity contribution is 7.99. The Hall–Kier alpha value is -3.07. The van der Waals surface area contributed by atoms with E-state index >= 15 is 0 Å². The molecule has 0 aliphatic rings. The zero-order valence-electron chi connectivity index (χ0n) is 18.2. The normalized spacial score (nSPS) is 10.8. The zero-order valence-corrected chi connectivity index (χ0v) is 19.0. The monoisotopic (exact) mass is 441 g/mol. The Balaban J connectivity index is 1.83. The van der Waals surface area contributed by atoms with Crippen LogP contribution in [0.4, 0.5) is 0 Å². The lowest BCUT2D eigenvalue weighted by molar-refractivity contribution is -0.143. The first kappa shape index (κ1) is 22.6. The number of carbonyl (C=O) groups is 2. The van der Waals surface area contributed by atoms with Crippen molar-refractivity contribution in [3.8, 4) is 5.69 Å². The molecule has 31 heavy (non-hydrogen) atoms. The molecule has 0 aliphatic carbocycles. The molecule has 0 saturated carbocycles. The van der Waals surface area contributed by atoms with Gasteiger partial charge in [0.2, 0.25) is 5.91 Å². The molecule has 1 aromatic carbocycles. The van der Waals surface area contributed by atoms with Crippen molar-refractivity contribution in [3.63, 3.8) is 0 Å². The van der Waals surface area contributed by atoms with Crippen molar-refractivity contribution in [1.82, 2.24) is 24.6 Å². The molecule has 0 unspecified atom stereocenters. The highest BCUT2D eigenvalue weighted by Crippen LogP contribution is 2.26. The number of hydrogen-bond acceptors (Lipinski definition) is 6. The van der Waals surface area contributed by atoms with Crippen LogP contribution in [0.5, 0.6) is 0 Å². The van der Waals surface area contributed by atoms with Crippen LogP contribution in [0.25, 0.3) is 5.69 Å². The zero-order chi connectivity index (χ0) is 22.4. The van der Waals surface area contributed by atoms with Gasteiger partial charge >= 0.3 is 5.97 Å². The van der Waals surface area contributed by atoms with Crippen LogP contribution in [0.3, 0.4) is 0 Å². The molecule has 9 heteroatoms. The second-order valence-electron chi connectivity index (χ2n) is 7.11. The number of aromatic nitrogens is 4. The lowest BCUT2D eigenvalue weighted by Crippen LogP contribution is -2.31. The van der Waals surface area contributed by atoms with Crippen molar-refractivity contribution in [2.24, 2.45) is 7.05 Å². The quantitative estimate of drug-likeness (QED) is 0.405. The molecule has 164 valence electrons. The van der Waals surface area contributed by atoms with Gasteiger partial charge in [-0.05, 0) is 50.1 Å². The summed E-state index contributed by atoms with van der Waals surface area (Å²) < 4.78 is 8.90. The predicted molar refractivity (Wildman–Crippen MR) is 119 cm³/mol. The van der Waals surface area contributed by atoms with Crippen LogP contribution in [0.1, 0.15) is 29.6 Å². The molecule has 0 fully saturated rings. The van der Waals surface area contributed by atoms with Crippen molar-refractivity contribution in [2.75, 3.05) is 18.9 Å². The van der Waals surface area contributed by atoms with Gasteiger partial charge in [-0.15, -0.1) is 10.2 Å². The maximum absolute atomic E-state index is 12.2. The molecule has 2 aromatic heterocycles. The molecule has 0 spiro atoms. The number of thioether (sulfide) groups is 1. The molecule has 1 amide bonds. The van der Waals surface area contributed by atoms with Gasteiger partial charge in [0.25, 0.3) is 0 Å². The molecular weight excluding hydrogens is 414 g/mol. The van der Waals surface area contributed by atoms with Crippen LogP contribution in [0.2, 0.25) is 0 Å². The van der Waals surface area contributed by atoms with Crippen molar-refractivity contribution in [1.29, 1.82) is 0 Å². The molecule has 0 aliphatic heterocycles. The third kappa shape index (κ3) is 5.55. The molecule has 0 saturated heterocycles. The second kappa shape index (κ2) is 10.3. The maximum atomic E-state index is 12.2. The molecule has 2 heterocycles. The third-order valence-electron chi connectivity index (χ3n) is 4.98. The standard InChI is InChI=1S/C22H27N5O3S/c1-5-30-21(29)13-23-20(28)14-31-22-25-24-19(12-17-9-7-11-26(17)4)27(22)18-10-6-8-15(2)16(18)3/h6-11H,5,12-14H2,1-4H3,(H,23,28). The molecule has 0 atom stereocenters. The number of ether oxygens (including phenoxy) is 1. The first-order chi connectivity index (χ1) is 14.9. The Morgan fingerprint density at radius 2 is 1.97 bits per heavy atom. The number of nitrogens with zero attached hydrogens (tertiary/aromatic N) is 4. The molecular formula is C22H27N5O3S. The number of carbonyl (C=O) groups excluding carboxylic acids is 2. The maximum Gasteiger partial charge on any atom is 0.325 e. The number of rotatable bonds is 9. The van der Waals surface area contributed by atoms with Gasteiger partial charge in [-0.3, -0.25) is 14.2 Å². The number of amides is 1. The van der Waals surface area contributed by atoms with Crippen LogP contribution in [0, 0.1) is 13.8 Å². The van der Waals surface area contributed by atoms with E-state index in [1.807, 2.05) is 36.0 Å². The van der Waals surface area contributed by atoms with E-state index in [0.29, 0.717) is 11.6 Å². The van der Waals surface area contributed by atoms with E-state index in [0.717, 1.165) is 22.8 Å². The Morgan fingerprint density at radius 1 is 1.16 bits per heavy atom. The second-order valence-corrected chi connectivity index (χ2v) is 8.05. The minimum atomic E-state index is -0.454. The fourth-order valence-corrected chi connectivity index (χ4v) is 3.93. The van der Waals surface area contributed by atoms with Gasteiger partial charge in [0.05, 0.1) is 18.0 Å². The SMILES string of the molecule is CCOC(=O)CNC(=O)CSc1nnc(Cc2cccn2C)n1-c1cccc(C)c1C. The van der Waals surface area contributed by atoms with Crippen LogP contribution in [0.15, 0.2) is 41.7 Å². The van der Waals surface area contributed by atoms with Crippen molar-refractivity contribution < 1.29 is 14.3 Å². The van der Waals surface area contributed by atoms with E-state index in [-0.39, 0.29) is 24.8 Å². The van der Waals surface area contributed by atoms with E-state index in [9.17, 15) is 9.59 Å². The van der Waals surface area contributed by atoms with Gasteiger partial charge in [0, 0.05) is 25.4 Å². The molecule has 0 radical (unpaired) electrons. The number of esters is 1. The van der Waals surface area contributed by atoms with E-state index in [1.165, 1.54) is 17.3 Å². The molecule has 3 aromatic rings. The summed E-state index contributed by atoms with van der Waals surface area (Å²) in [5.74, 6) is 0.193. The first-order valence-electron chi connectivity index (χ1n) is 10.1. The Kier molecular flexibility index (Phi) is 7.51. The summed E-state index contributed by atoms with van der Waals surface area (Å²) in [5, 5.41) is 12.0. The van der Waals surface area contributed by atoms with Gasteiger partial charge in [-0.1, -0.05) is 23.9 Å². The van der Waals surface area contributed by atoms with Crippen molar-refractivity contribution in [2.45, 2.75) is 32.3 Å².